The number of benzene rings is 1. The minimum atomic E-state index is -1.67. The zero-order chi connectivity index (χ0) is 52.4. The van der Waals surface area contributed by atoms with Crippen LogP contribution in [0, 0.1) is 0 Å². The number of carbonyl (C=O) groups is 10. The van der Waals surface area contributed by atoms with Crippen molar-refractivity contribution in [3.05, 3.63) is 29.8 Å². The summed E-state index contributed by atoms with van der Waals surface area (Å²) in [6, 6.07) is -6.58. The first-order chi connectivity index (χ1) is 32.9. The highest BCUT2D eigenvalue weighted by molar-refractivity contribution is 5.98. The Morgan fingerprint density at radius 2 is 1.26 bits per heavy atom. The van der Waals surface area contributed by atoms with Gasteiger partial charge < -0.3 is 84.4 Å². The van der Waals surface area contributed by atoms with Crippen LogP contribution < -0.4 is 49.1 Å². The maximum atomic E-state index is 14.4. The average molecular weight is 991 g/mol. The van der Waals surface area contributed by atoms with E-state index in [0.717, 1.165) is 0 Å². The van der Waals surface area contributed by atoms with Crippen molar-refractivity contribution in [3.63, 3.8) is 0 Å². The molecule has 2 saturated heterocycles. The third kappa shape index (κ3) is 17.1. The lowest BCUT2D eigenvalue weighted by Gasteiger charge is -2.32. The molecule has 27 heteroatoms. The molecule has 2 aliphatic rings. The highest BCUT2D eigenvalue weighted by atomic mass is 16.4. The van der Waals surface area contributed by atoms with E-state index in [9.17, 15) is 68.4 Å². The van der Waals surface area contributed by atoms with Gasteiger partial charge in [-0.2, -0.15) is 0 Å². The lowest BCUT2D eigenvalue weighted by atomic mass is 10.0. The average Bonchev–Trinajstić information content (AvgIpc) is 4.01. The molecule has 0 aromatic heterocycles. The van der Waals surface area contributed by atoms with E-state index < -0.39 is 139 Å². The number of rotatable bonds is 26. The molecule has 27 nitrogen and oxygen atoms in total. The second-order valence-electron chi connectivity index (χ2n) is 17.1. The molecule has 0 aliphatic carbocycles. The zero-order valence-electron chi connectivity index (χ0n) is 39.2. The predicted octanol–water partition coefficient (Wildman–Crippen LogP) is -5.43. The highest BCUT2D eigenvalue weighted by Crippen LogP contribution is 2.22. The number of carboxylic acid groups (broad SMARTS) is 2. The van der Waals surface area contributed by atoms with Crippen molar-refractivity contribution in [3.8, 4) is 5.75 Å². The number of aliphatic imine (C=N–C) groups is 1. The van der Waals surface area contributed by atoms with Gasteiger partial charge in [0.05, 0.1) is 18.8 Å². The zero-order valence-corrected chi connectivity index (χ0v) is 39.2. The van der Waals surface area contributed by atoms with E-state index in [1.807, 2.05) is 0 Å². The van der Waals surface area contributed by atoms with Crippen LogP contribution in [-0.2, 0) is 54.4 Å². The molecule has 1 aromatic carbocycles. The molecule has 2 heterocycles. The SMILES string of the molecule is C[C@H](NC(=O)[C@@H]1CCCN1C(=O)[C@H](C)NC(=O)[C@@H](NC(=O)[C@@H]1CCCN1C(=O)[C@H](Cc1ccc(O)cc1)NC(=O)[C@H](CCC(=O)O)NC(=O)[C@@H](N)CCCN=C(N)N)[C@@H](C)O)C(=O)N[C@@H](CO)C(=O)O. The molecule has 17 N–H and O–H groups in total. The number of hydrogen-bond acceptors (Lipinski definition) is 15. The van der Waals surface area contributed by atoms with Crippen LogP contribution in [-0.4, -0.2) is 187 Å². The fourth-order valence-electron chi connectivity index (χ4n) is 7.74. The molecule has 0 radical (unpaired) electrons. The summed E-state index contributed by atoms with van der Waals surface area (Å²) in [5.41, 5.74) is 17.1. The van der Waals surface area contributed by atoms with Gasteiger partial charge in [0, 0.05) is 32.5 Å². The Labute approximate surface area is 402 Å². The van der Waals surface area contributed by atoms with Crippen molar-refractivity contribution >= 4 is 65.2 Å². The van der Waals surface area contributed by atoms with Gasteiger partial charge in [0.15, 0.2) is 5.96 Å². The summed E-state index contributed by atoms with van der Waals surface area (Å²) in [4.78, 5) is 137. The van der Waals surface area contributed by atoms with Crippen molar-refractivity contribution < 1.29 is 73.5 Å². The van der Waals surface area contributed by atoms with Crippen LogP contribution >= 0.6 is 0 Å². The van der Waals surface area contributed by atoms with E-state index in [0.29, 0.717) is 24.8 Å². The minimum Gasteiger partial charge on any atom is -0.508 e. The maximum absolute atomic E-state index is 14.4. The molecule has 70 heavy (non-hydrogen) atoms. The second kappa shape index (κ2) is 27.2. The molecular weight excluding hydrogens is 925 g/mol. The molecule has 0 unspecified atom stereocenters. The number of hydrogen-bond donors (Lipinski definition) is 14. The monoisotopic (exact) mass is 990 g/mol. The van der Waals surface area contributed by atoms with Gasteiger partial charge in [0.25, 0.3) is 0 Å². The second-order valence-corrected chi connectivity index (χ2v) is 17.1. The van der Waals surface area contributed by atoms with E-state index in [4.69, 9.17) is 22.3 Å². The van der Waals surface area contributed by atoms with Gasteiger partial charge in [-0.15, -0.1) is 0 Å². The van der Waals surface area contributed by atoms with E-state index >= 15 is 0 Å². The first-order valence-electron chi connectivity index (χ1n) is 22.7. The highest BCUT2D eigenvalue weighted by Gasteiger charge is 2.42. The number of amides is 8. The fraction of sp³-hybridized carbons (Fsp3) is 0.605. The molecule has 388 valence electrons. The van der Waals surface area contributed by atoms with Gasteiger partial charge in [0.2, 0.25) is 47.3 Å². The summed E-state index contributed by atoms with van der Waals surface area (Å²) in [7, 11) is 0. The molecule has 0 saturated carbocycles. The summed E-state index contributed by atoms with van der Waals surface area (Å²) < 4.78 is 0. The van der Waals surface area contributed by atoms with Crippen LogP contribution in [0.2, 0.25) is 0 Å². The maximum Gasteiger partial charge on any atom is 0.328 e. The Morgan fingerprint density at radius 3 is 1.80 bits per heavy atom. The molecule has 1 aromatic rings. The molecule has 2 aliphatic heterocycles. The number of guanidine groups is 1. The number of aliphatic carboxylic acids is 2. The van der Waals surface area contributed by atoms with Crippen LogP contribution in [0.4, 0.5) is 0 Å². The third-order valence-electron chi connectivity index (χ3n) is 11.6. The number of carbonyl (C=O) groups excluding carboxylic acids is 8. The van der Waals surface area contributed by atoms with Crippen LogP contribution in [0.1, 0.15) is 77.7 Å². The number of phenolic OH excluding ortho intramolecular Hbond substituents is 1. The quantitative estimate of drug-likeness (QED) is 0.0234. The van der Waals surface area contributed by atoms with Crippen LogP contribution in [0.25, 0.3) is 0 Å². The molecule has 3 rings (SSSR count). The smallest absolute Gasteiger partial charge is 0.328 e. The number of aromatic hydroxyl groups is 1. The number of nitrogens with one attached hydrogen (secondary N) is 6. The molecule has 2 fully saturated rings. The Balaban J connectivity index is 1.75. The third-order valence-corrected chi connectivity index (χ3v) is 11.6. The summed E-state index contributed by atoms with van der Waals surface area (Å²) in [6.07, 6.45) is -1.37. The number of aliphatic hydroxyl groups excluding tert-OH is 2. The number of aliphatic hydroxyl groups is 2. The Morgan fingerprint density at radius 1 is 0.700 bits per heavy atom. The Bertz CT molecular complexity index is 2090. The predicted molar refractivity (Wildman–Crippen MR) is 245 cm³/mol. The van der Waals surface area contributed by atoms with Crippen molar-refractivity contribution in [2.24, 2.45) is 22.2 Å². The van der Waals surface area contributed by atoms with Crippen LogP contribution in [0.3, 0.4) is 0 Å². The van der Waals surface area contributed by atoms with Gasteiger partial charge in [-0.1, -0.05) is 12.1 Å². The topological polar surface area (TPSA) is 441 Å². The molecule has 0 spiro atoms. The lowest BCUT2D eigenvalue weighted by molar-refractivity contribution is -0.144. The molecular formula is C43H66N12O15. The van der Waals surface area contributed by atoms with E-state index in [1.165, 1.54) is 54.8 Å². The van der Waals surface area contributed by atoms with E-state index in [2.05, 4.69) is 36.9 Å². The first-order valence-corrected chi connectivity index (χ1v) is 22.7. The number of likely N-dealkylation sites (tertiary alicyclic amines) is 2. The molecule has 0 bridgehead atoms. The summed E-state index contributed by atoms with van der Waals surface area (Å²) in [6.45, 7) is 3.16. The van der Waals surface area contributed by atoms with Crippen molar-refractivity contribution in [2.45, 2.75) is 139 Å². The number of nitrogens with zero attached hydrogens (tertiary/aromatic N) is 3. The summed E-state index contributed by atoms with van der Waals surface area (Å²) in [5, 5.41) is 62.8. The minimum absolute atomic E-state index is 0.00335. The van der Waals surface area contributed by atoms with Crippen molar-refractivity contribution in [1.29, 1.82) is 0 Å². The van der Waals surface area contributed by atoms with Gasteiger partial charge in [-0.05, 0) is 83.4 Å². The first kappa shape index (κ1) is 57.2. The molecule has 10 atom stereocenters. The van der Waals surface area contributed by atoms with E-state index in [1.54, 1.807) is 0 Å². The number of nitrogens with two attached hydrogens (primary N) is 3. The fourth-order valence-corrected chi connectivity index (χ4v) is 7.74. The van der Waals surface area contributed by atoms with Gasteiger partial charge in [-0.3, -0.25) is 48.1 Å². The van der Waals surface area contributed by atoms with Crippen molar-refractivity contribution in [2.75, 3.05) is 26.2 Å². The van der Waals surface area contributed by atoms with Gasteiger partial charge >= 0.3 is 11.9 Å². The van der Waals surface area contributed by atoms with E-state index in [-0.39, 0.29) is 57.0 Å². The normalized spacial score (nSPS) is 18.8. The lowest BCUT2D eigenvalue weighted by Crippen LogP contribution is -2.61. The van der Waals surface area contributed by atoms with Gasteiger partial charge in [0.1, 0.15) is 54.1 Å². The largest absolute Gasteiger partial charge is 0.508 e. The molecule has 8 amide bonds. The summed E-state index contributed by atoms with van der Waals surface area (Å²) >= 11 is 0. The Kier molecular flexibility index (Phi) is 22.2. The Hall–Kier alpha value is -7.13. The van der Waals surface area contributed by atoms with Crippen LogP contribution in [0.5, 0.6) is 5.75 Å². The summed E-state index contributed by atoms with van der Waals surface area (Å²) in [5.74, 6) is -9.76. The van der Waals surface area contributed by atoms with Crippen molar-refractivity contribution in [1.82, 2.24) is 41.7 Å². The van der Waals surface area contributed by atoms with Crippen LogP contribution in [0.15, 0.2) is 29.3 Å². The van der Waals surface area contributed by atoms with Gasteiger partial charge in [-0.25, -0.2) is 4.79 Å². The number of carboxylic acids is 2. The number of phenols is 1. The standard InChI is InChI=1S/C43H66N12O15/c1-21(34(61)52-29(20-56)42(69)70)48-37(64)30-8-5-17-54(30)40(67)22(2)49-39(66)33(23(3)57)53-38(65)31-9-6-18-55(31)41(68)28(19-24-10-12-25(58)13-11-24)51-36(63)27(14-15-32(59)60)50-35(62)26(44)7-4-16-47-43(45)46/h10-13,21-23,26-31,33,56-58H,4-9,14-20,44H2,1-3H3,(H,48,64)(H,49,66)(H,50,62)(H,51,63)(H,52,61)(H,53,65)(H,59,60)(H,69,70)(H4,45,46,47)/t21-,22-,23+,26-,27-,28-,29-,30-,31-,33-/m0/s1.